The summed E-state index contributed by atoms with van der Waals surface area (Å²) in [6, 6.07) is 7.88. The predicted octanol–water partition coefficient (Wildman–Crippen LogP) is 4.94. The number of thioether (sulfide) groups is 1. The fraction of sp³-hybridized carbons (Fsp3) is 0.591. The van der Waals surface area contributed by atoms with Crippen LogP contribution < -0.4 is 0 Å². The summed E-state index contributed by atoms with van der Waals surface area (Å²) in [7, 11) is 0. The van der Waals surface area contributed by atoms with Crippen molar-refractivity contribution in [3.05, 3.63) is 34.9 Å². The van der Waals surface area contributed by atoms with Crippen molar-refractivity contribution < 1.29 is 9.53 Å². The molecule has 0 spiro atoms. The number of nitrogens with zero attached hydrogens (tertiary/aromatic N) is 1. The quantitative estimate of drug-likeness (QED) is 0.627. The Kier molecular flexibility index (Phi) is 6.46. The van der Waals surface area contributed by atoms with E-state index in [0.29, 0.717) is 24.0 Å². The van der Waals surface area contributed by atoms with Gasteiger partial charge < -0.3 is 9.64 Å². The van der Waals surface area contributed by atoms with Gasteiger partial charge in [0.2, 0.25) is 0 Å². The van der Waals surface area contributed by atoms with Gasteiger partial charge in [-0.15, -0.1) is 12.3 Å². The molecule has 0 radical (unpaired) electrons. The molecule has 2 fully saturated rings. The lowest BCUT2D eigenvalue weighted by molar-refractivity contribution is -0.163. The van der Waals surface area contributed by atoms with Gasteiger partial charge in [0.25, 0.3) is 5.91 Å². The van der Waals surface area contributed by atoms with Crippen molar-refractivity contribution in [2.24, 2.45) is 5.92 Å². The van der Waals surface area contributed by atoms with Crippen LogP contribution in [0.3, 0.4) is 0 Å². The molecule has 3 atom stereocenters. The minimum atomic E-state index is -0.528. The Morgan fingerprint density at radius 3 is 2.56 bits per heavy atom. The molecule has 0 aromatic heterocycles. The number of carbonyl (C=O) groups excluding carboxylic acids is 1. The minimum Gasteiger partial charge on any atom is -0.365 e. The molecule has 2 aliphatic rings. The Bertz CT molecular complexity index is 703. The van der Waals surface area contributed by atoms with Crippen molar-refractivity contribution in [2.75, 3.05) is 12.4 Å². The summed E-state index contributed by atoms with van der Waals surface area (Å²) in [4.78, 5) is 15.4. The lowest BCUT2D eigenvalue weighted by atomic mass is 9.98. The van der Waals surface area contributed by atoms with Gasteiger partial charge >= 0.3 is 0 Å². The third-order valence-corrected chi connectivity index (χ3v) is 6.72. The SMILES string of the molecule is C#CCC1OCC(c2ccc(Cl)cc2)N(C(CSC(C)(C)C)C2CC2)C1=O. The van der Waals surface area contributed by atoms with Gasteiger partial charge in [-0.25, -0.2) is 0 Å². The molecule has 146 valence electrons. The van der Waals surface area contributed by atoms with Crippen LogP contribution >= 0.6 is 23.4 Å². The van der Waals surface area contributed by atoms with E-state index in [1.54, 1.807) is 0 Å². The summed E-state index contributed by atoms with van der Waals surface area (Å²) in [5, 5.41) is 0.695. The molecule has 0 N–H and O–H groups in total. The molecular formula is C22H28ClNO2S. The second-order valence-corrected chi connectivity index (χ2v) is 10.7. The molecule has 1 aliphatic carbocycles. The minimum absolute atomic E-state index is 0.0329. The molecule has 3 unspecified atom stereocenters. The molecular weight excluding hydrogens is 378 g/mol. The summed E-state index contributed by atoms with van der Waals surface area (Å²) in [5.74, 6) is 4.14. The normalized spacial score (nSPS) is 24.6. The average molecular weight is 406 g/mol. The van der Waals surface area contributed by atoms with Gasteiger partial charge in [-0.05, 0) is 36.5 Å². The highest BCUT2D eigenvalue weighted by atomic mass is 35.5. The summed E-state index contributed by atoms with van der Waals surface area (Å²) in [5.41, 5.74) is 1.07. The number of terminal acetylenes is 1. The van der Waals surface area contributed by atoms with E-state index in [9.17, 15) is 4.79 Å². The molecule has 0 bridgehead atoms. The summed E-state index contributed by atoms with van der Waals surface area (Å²) in [6.07, 6.45) is 7.65. The van der Waals surface area contributed by atoms with Crippen LogP contribution in [0.1, 0.15) is 51.6 Å². The highest BCUT2D eigenvalue weighted by Crippen LogP contribution is 2.43. The number of halogens is 1. The lowest BCUT2D eigenvalue weighted by Crippen LogP contribution is -2.55. The molecule has 1 heterocycles. The van der Waals surface area contributed by atoms with Crippen LogP contribution in [0.25, 0.3) is 0 Å². The Morgan fingerprint density at radius 1 is 1.33 bits per heavy atom. The van der Waals surface area contributed by atoms with E-state index in [1.165, 1.54) is 12.8 Å². The zero-order valence-corrected chi connectivity index (χ0v) is 17.9. The van der Waals surface area contributed by atoms with Gasteiger partial charge in [0.15, 0.2) is 0 Å². The van der Waals surface area contributed by atoms with Crippen molar-refractivity contribution in [1.82, 2.24) is 4.90 Å². The molecule has 27 heavy (non-hydrogen) atoms. The Labute approximate surface area is 172 Å². The second kappa shape index (κ2) is 8.47. The van der Waals surface area contributed by atoms with Crippen molar-refractivity contribution in [3.63, 3.8) is 0 Å². The van der Waals surface area contributed by atoms with E-state index >= 15 is 0 Å². The second-order valence-electron chi connectivity index (χ2n) is 8.37. The van der Waals surface area contributed by atoms with Crippen LogP contribution in [0, 0.1) is 18.3 Å². The number of benzene rings is 1. The first-order valence-electron chi connectivity index (χ1n) is 9.57. The fourth-order valence-electron chi connectivity index (χ4n) is 3.53. The van der Waals surface area contributed by atoms with Crippen LogP contribution in [0.15, 0.2) is 24.3 Å². The molecule has 1 aliphatic heterocycles. The van der Waals surface area contributed by atoms with Gasteiger partial charge in [-0.1, -0.05) is 44.5 Å². The number of hydrogen-bond acceptors (Lipinski definition) is 3. The molecule has 1 amide bonds. The molecule has 3 nitrogen and oxygen atoms in total. The van der Waals surface area contributed by atoms with E-state index in [1.807, 2.05) is 36.0 Å². The fourth-order valence-corrected chi connectivity index (χ4v) is 4.76. The van der Waals surface area contributed by atoms with Gasteiger partial charge in [0.1, 0.15) is 6.10 Å². The maximum absolute atomic E-state index is 13.3. The van der Waals surface area contributed by atoms with Gasteiger partial charge in [-0.3, -0.25) is 4.79 Å². The smallest absolute Gasteiger partial charge is 0.253 e. The monoisotopic (exact) mass is 405 g/mol. The first kappa shape index (κ1) is 20.6. The van der Waals surface area contributed by atoms with Gasteiger partial charge in [-0.2, -0.15) is 11.8 Å². The first-order chi connectivity index (χ1) is 12.8. The van der Waals surface area contributed by atoms with Crippen LogP contribution in [-0.2, 0) is 9.53 Å². The van der Waals surface area contributed by atoms with E-state index in [4.69, 9.17) is 22.8 Å². The van der Waals surface area contributed by atoms with Crippen LogP contribution in [0.5, 0.6) is 0 Å². The van der Waals surface area contributed by atoms with E-state index in [2.05, 4.69) is 31.6 Å². The summed E-state index contributed by atoms with van der Waals surface area (Å²) in [6.45, 7) is 7.14. The molecule has 3 rings (SSSR count). The zero-order valence-electron chi connectivity index (χ0n) is 16.3. The Balaban J connectivity index is 1.90. The third kappa shape index (κ3) is 5.22. The van der Waals surface area contributed by atoms with Crippen molar-refractivity contribution >= 4 is 29.3 Å². The molecule has 1 aromatic rings. The predicted molar refractivity (Wildman–Crippen MR) is 113 cm³/mol. The number of hydrogen-bond donors (Lipinski definition) is 0. The maximum Gasteiger partial charge on any atom is 0.253 e. The molecule has 1 saturated heterocycles. The number of carbonyl (C=O) groups is 1. The van der Waals surface area contributed by atoms with Crippen molar-refractivity contribution in [1.29, 1.82) is 0 Å². The zero-order chi connectivity index (χ0) is 19.6. The number of ether oxygens (including phenoxy) is 1. The lowest BCUT2D eigenvalue weighted by Gasteiger charge is -2.44. The first-order valence-corrected chi connectivity index (χ1v) is 10.9. The third-order valence-electron chi connectivity index (χ3n) is 5.09. The number of rotatable bonds is 6. The van der Waals surface area contributed by atoms with Gasteiger partial charge in [0.05, 0.1) is 12.6 Å². The highest BCUT2D eigenvalue weighted by molar-refractivity contribution is 8.00. The van der Waals surface area contributed by atoms with E-state index in [-0.39, 0.29) is 22.7 Å². The van der Waals surface area contributed by atoms with Crippen LogP contribution in [-0.4, -0.2) is 40.1 Å². The van der Waals surface area contributed by atoms with Crippen molar-refractivity contribution in [2.45, 2.75) is 63.0 Å². The summed E-state index contributed by atoms with van der Waals surface area (Å²) < 4.78 is 6.04. The summed E-state index contributed by atoms with van der Waals surface area (Å²) >= 11 is 7.99. The Morgan fingerprint density at radius 2 is 2.00 bits per heavy atom. The molecule has 5 heteroatoms. The van der Waals surface area contributed by atoms with Crippen LogP contribution in [0.4, 0.5) is 0 Å². The molecule has 1 saturated carbocycles. The maximum atomic E-state index is 13.3. The van der Waals surface area contributed by atoms with Crippen molar-refractivity contribution in [3.8, 4) is 12.3 Å². The topological polar surface area (TPSA) is 29.5 Å². The standard InChI is InChI=1S/C22H28ClNO2S/c1-5-6-20-21(25)24(19(16-7-8-16)14-27-22(2,3)4)18(13-26-20)15-9-11-17(23)12-10-15/h1,9-12,16,18-20H,6-8,13-14H2,2-4H3. The number of morpholine rings is 1. The van der Waals surface area contributed by atoms with Crippen LogP contribution in [0.2, 0.25) is 5.02 Å². The van der Waals surface area contributed by atoms with E-state index < -0.39 is 6.10 Å². The number of amides is 1. The van der Waals surface area contributed by atoms with E-state index in [0.717, 1.165) is 11.3 Å². The van der Waals surface area contributed by atoms with Gasteiger partial charge in [0, 0.05) is 28.0 Å². The average Bonchev–Trinajstić information content (AvgIpc) is 3.43. The largest absolute Gasteiger partial charge is 0.365 e. The highest BCUT2D eigenvalue weighted by Gasteiger charge is 2.45. The Hall–Kier alpha value is -1.15. The molecule has 1 aromatic carbocycles.